The maximum absolute atomic E-state index is 11.3. The number of hydrogen-bond acceptors (Lipinski definition) is 1. The number of nitrogens with zero attached hydrogens (tertiary/aromatic N) is 1. The lowest BCUT2D eigenvalue weighted by molar-refractivity contribution is -0.868. The van der Waals surface area contributed by atoms with Gasteiger partial charge in [-0.3, -0.25) is 0 Å². The topological polar surface area (TPSA) is 23.1 Å². The molecule has 0 aromatic heterocycles. The molecular formula is C7H19NOSi. The Kier molecular flexibility index (Phi) is 3.07. The third-order valence-corrected chi connectivity index (χ3v) is 2.81. The summed E-state index contributed by atoms with van der Waals surface area (Å²) in [6, 6.07) is 0.885. The molecule has 0 bridgehead atoms. The van der Waals surface area contributed by atoms with Gasteiger partial charge in [0.2, 0.25) is 0 Å². The smallest absolute Gasteiger partial charge is 0.0743 e. The number of quaternary nitrogens is 1. The average Bonchev–Trinajstić information content (AvgIpc) is 1.57. The second-order valence-electron chi connectivity index (χ2n) is 4.52. The van der Waals surface area contributed by atoms with E-state index in [1.54, 1.807) is 0 Å². The predicted molar refractivity (Wildman–Crippen MR) is 45.2 cm³/mol. The largest absolute Gasteiger partial charge is 0.858 e. The molecule has 2 nitrogen and oxygen atoms in total. The van der Waals surface area contributed by atoms with E-state index < -0.39 is 8.32 Å². The standard InChI is InChI=1S/C7H19NOSi/c1-8(2,3)6-7-10(4,5)9/h6-7H2,1-5H3. The van der Waals surface area contributed by atoms with Crippen LogP contribution in [0.1, 0.15) is 0 Å². The summed E-state index contributed by atoms with van der Waals surface area (Å²) in [4.78, 5) is 11.3. The van der Waals surface area contributed by atoms with E-state index in [0.29, 0.717) is 0 Å². The molecule has 0 aliphatic carbocycles. The van der Waals surface area contributed by atoms with Crippen molar-refractivity contribution in [2.75, 3.05) is 27.7 Å². The number of hydrogen-bond donors (Lipinski definition) is 0. The van der Waals surface area contributed by atoms with Crippen LogP contribution in [0.3, 0.4) is 0 Å². The van der Waals surface area contributed by atoms with Crippen LogP contribution in [0, 0.1) is 0 Å². The summed E-state index contributed by atoms with van der Waals surface area (Å²) >= 11 is 0. The zero-order chi connectivity index (χ0) is 8.41. The lowest BCUT2D eigenvalue weighted by atomic mass is 10.6. The van der Waals surface area contributed by atoms with Gasteiger partial charge in [-0.05, 0) is 14.4 Å². The van der Waals surface area contributed by atoms with Gasteiger partial charge in [-0.2, -0.15) is 0 Å². The fourth-order valence-electron chi connectivity index (χ4n) is 0.605. The minimum atomic E-state index is -2.03. The van der Waals surface area contributed by atoms with E-state index in [1.807, 2.05) is 13.1 Å². The van der Waals surface area contributed by atoms with Crippen molar-refractivity contribution in [3.8, 4) is 0 Å². The van der Waals surface area contributed by atoms with Crippen molar-refractivity contribution in [1.29, 1.82) is 0 Å². The van der Waals surface area contributed by atoms with E-state index >= 15 is 0 Å². The molecule has 0 saturated carbocycles. The van der Waals surface area contributed by atoms with Gasteiger partial charge in [0.05, 0.1) is 27.7 Å². The highest BCUT2D eigenvalue weighted by molar-refractivity contribution is 6.68. The Morgan fingerprint density at radius 3 is 1.70 bits per heavy atom. The monoisotopic (exact) mass is 161 g/mol. The Labute approximate surface area is 65.2 Å². The highest BCUT2D eigenvalue weighted by Crippen LogP contribution is 2.03. The molecule has 0 unspecified atom stereocenters. The third kappa shape index (κ3) is 8.14. The van der Waals surface area contributed by atoms with Gasteiger partial charge in [0.25, 0.3) is 0 Å². The van der Waals surface area contributed by atoms with Crippen LogP contribution in [0.5, 0.6) is 0 Å². The van der Waals surface area contributed by atoms with Gasteiger partial charge in [-0.1, -0.05) is 13.1 Å². The van der Waals surface area contributed by atoms with Crippen LogP contribution < -0.4 is 4.80 Å². The van der Waals surface area contributed by atoms with Gasteiger partial charge in [-0.15, -0.1) is 0 Å². The predicted octanol–water partition coefficient (Wildman–Crippen LogP) is 0.258. The lowest BCUT2D eigenvalue weighted by Crippen LogP contribution is -2.48. The second kappa shape index (κ2) is 3.03. The molecule has 0 radical (unpaired) electrons. The van der Waals surface area contributed by atoms with Gasteiger partial charge in [0, 0.05) is 0 Å². The molecule has 0 rings (SSSR count). The van der Waals surface area contributed by atoms with Gasteiger partial charge in [0.1, 0.15) is 0 Å². The highest BCUT2D eigenvalue weighted by Gasteiger charge is 2.11. The van der Waals surface area contributed by atoms with Crippen molar-refractivity contribution >= 4 is 8.32 Å². The summed E-state index contributed by atoms with van der Waals surface area (Å²) in [7, 11) is 4.34. The van der Waals surface area contributed by atoms with Crippen LogP contribution in [-0.4, -0.2) is 40.5 Å². The van der Waals surface area contributed by atoms with Crippen LogP contribution in [0.2, 0.25) is 19.1 Å². The van der Waals surface area contributed by atoms with Crippen molar-refractivity contribution < 1.29 is 9.28 Å². The summed E-state index contributed by atoms with van der Waals surface area (Å²) in [6.45, 7) is 4.77. The van der Waals surface area contributed by atoms with Crippen molar-refractivity contribution in [2.24, 2.45) is 0 Å². The Morgan fingerprint density at radius 2 is 1.60 bits per heavy atom. The van der Waals surface area contributed by atoms with E-state index in [4.69, 9.17) is 0 Å². The SMILES string of the molecule is C[N+](C)(C)CC[Si](C)(C)[O-]. The van der Waals surface area contributed by atoms with E-state index in [9.17, 15) is 4.80 Å². The molecule has 0 aliphatic heterocycles. The van der Waals surface area contributed by atoms with Crippen LogP contribution in [0.15, 0.2) is 0 Å². The average molecular weight is 161 g/mol. The third-order valence-electron chi connectivity index (χ3n) is 1.38. The maximum atomic E-state index is 11.3. The molecule has 0 atom stereocenters. The van der Waals surface area contributed by atoms with Crippen LogP contribution >= 0.6 is 0 Å². The molecule has 10 heavy (non-hydrogen) atoms. The Morgan fingerprint density at radius 1 is 1.20 bits per heavy atom. The van der Waals surface area contributed by atoms with Crippen molar-refractivity contribution in [3.63, 3.8) is 0 Å². The molecule has 0 aliphatic rings. The minimum Gasteiger partial charge on any atom is -0.858 e. The van der Waals surface area contributed by atoms with Gasteiger partial charge < -0.3 is 9.28 Å². The molecule has 0 aromatic rings. The van der Waals surface area contributed by atoms with Crippen LogP contribution in [-0.2, 0) is 0 Å². The first-order valence-corrected chi connectivity index (χ1v) is 6.83. The van der Waals surface area contributed by atoms with Crippen LogP contribution in [0.25, 0.3) is 0 Å². The minimum absolute atomic E-state index is 0.885. The van der Waals surface area contributed by atoms with E-state index in [1.165, 1.54) is 0 Å². The van der Waals surface area contributed by atoms with E-state index in [2.05, 4.69) is 21.1 Å². The fourth-order valence-corrected chi connectivity index (χ4v) is 1.81. The highest BCUT2D eigenvalue weighted by atomic mass is 28.4. The zero-order valence-electron chi connectivity index (χ0n) is 7.77. The summed E-state index contributed by atoms with van der Waals surface area (Å²) in [5, 5.41) is 0. The zero-order valence-corrected chi connectivity index (χ0v) is 8.77. The van der Waals surface area contributed by atoms with E-state index in [-0.39, 0.29) is 0 Å². The Bertz CT molecular complexity index is 87.2. The molecule has 0 saturated heterocycles. The van der Waals surface area contributed by atoms with Gasteiger partial charge in [-0.25, -0.2) is 0 Å². The molecule has 3 heteroatoms. The molecule has 0 N–H and O–H groups in total. The number of rotatable bonds is 3. The van der Waals surface area contributed by atoms with Crippen molar-refractivity contribution in [1.82, 2.24) is 0 Å². The van der Waals surface area contributed by atoms with Gasteiger partial charge in [0.15, 0.2) is 0 Å². The van der Waals surface area contributed by atoms with Crippen molar-refractivity contribution in [3.05, 3.63) is 0 Å². The molecule has 0 spiro atoms. The van der Waals surface area contributed by atoms with E-state index in [0.717, 1.165) is 17.1 Å². The fraction of sp³-hybridized carbons (Fsp3) is 1.00. The first-order chi connectivity index (χ1) is 4.21. The summed E-state index contributed by atoms with van der Waals surface area (Å²) in [5.74, 6) is 0. The summed E-state index contributed by atoms with van der Waals surface area (Å²) < 4.78 is 0.915. The molecule has 0 aromatic carbocycles. The first-order valence-electron chi connectivity index (χ1n) is 3.72. The Hall–Kier alpha value is 0.137. The Balaban J connectivity index is 3.56. The quantitative estimate of drug-likeness (QED) is 0.430. The first kappa shape index (κ1) is 10.1. The maximum Gasteiger partial charge on any atom is 0.0743 e. The molecule has 0 fully saturated rings. The van der Waals surface area contributed by atoms with Crippen LogP contribution in [0.4, 0.5) is 0 Å². The molecule has 0 amide bonds. The molecular weight excluding hydrogens is 142 g/mol. The normalized spacial score (nSPS) is 13.8. The van der Waals surface area contributed by atoms with Crippen molar-refractivity contribution in [2.45, 2.75) is 19.1 Å². The summed E-state index contributed by atoms with van der Waals surface area (Å²) in [5.41, 5.74) is 0. The van der Waals surface area contributed by atoms with Gasteiger partial charge >= 0.3 is 0 Å². The summed E-state index contributed by atoms with van der Waals surface area (Å²) in [6.07, 6.45) is 0. The molecule has 62 valence electrons. The molecule has 0 heterocycles. The second-order valence-corrected chi connectivity index (χ2v) is 8.54. The lowest BCUT2D eigenvalue weighted by Gasteiger charge is -2.33.